The van der Waals surface area contributed by atoms with Gasteiger partial charge in [-0.2, -0.15) is 5.26 Å². The van der Waals surface area contributed by atoms with Crippen LogP contribution in [0.3, 0.4) is 0 Å². The number of nitrogens with zero attached hydrogens (tertiary/aromatic N) is 2. The lowest BCUT2D eigenvalue weighted by Crippen LogP contribution is -2.15. The fourth-order valence-electron chi connectivity index (χ4n) is 0. The molecule has 0 fully saturated rings. The van der Waals surface area contributed by atoms with Gasteiger partial charge in [0.25, 0.3) is 0 Å². The maximum Gasteiger partial charge on any atom is 0.135 e. The second-order valence-electron chi connectivity index (χ2n) is 10.4. The number of Topliss-reactive ketones (excluding diaryl/α,β-unsaturated/α-hetero) is 1. The lowest BCUT2D eigenvalue weighted by molar-refractivity contribution is -0.124. The van der Waals surface area contributed by atoms with Gasteiger partial charge in [0, 0.05) is 10.8 Å². The molecular weight excluding hydrogens is 336 g/mol. The molecule has 0 aromatic carbocycles. The van der Waals surface area contributed by atoms with E-state index in [-0.39, 0.29) is 24.0 Å². The highest BCUT2D eigenvalue weighted by Gasteiger charge is 2.14. The van der Waals surface area contributed by atoms with Gasteiger partial charge in [-0.05, 0) is 75.5 Å². The Morgan fingerprint density at radius 1 is 0.889 bits per heavy atom. The minimum absolute atomic E-state index is 0. The van der Waals surface area contributed by atoms with Crippen LogP contribution in [0.5, 0.6) is 0 Å². The molecule has 168 valence electrons. The second kappa shape index (κ2) is 19.8. The predicted octanol–water partition coefficient (Wildman–Crippen LogP) is 6.43. The van der Waals surface area contributed by atoms with Crippen molar-refractivity contribution in [1.82, 2.24) is 4.90 Å². The summed E-state index contributed by atoms with van der Waals surface area (Å²) in [5, 5.41) is 16.7. The zero-order chi connectivity index (χ0) is 22.9. The molecule has 0 radical (unpaired) electrons. The maximum absolute atomic E-state index is 10.5. The van der Waals surface area contributed by atoms with E-state index < -0.39 is 5.60 Å². The molecule has 0 unspecified atom stereocenters. The van der Waals surface area contributed by atoms with Gasteiger partial charge in [-0.15, -0.1) is 0 Å². The third-order valence-corrected chi connectivity index (χ3v) is 1.39. The number of nitriles is 1. The molecule has 4 nitrogen and oxygen atoms in total. The number of aliphatic hydroxyl groups is 1. The molecule has 1 N–H and O–H groups in total. The molecule has 27 heavy (non-hydrogen) atoms. The summed E-state index contributed by atoms with van der Waals surface area (Å²) >= 11 is 0. The first kappa shape index (κ1) is 40.7. The summed E-state index contributed by atoms with van der Waals surface area (Å²) in [5.41, 5.74) is -0.792. The quantitative estimate of drug-likeness (QED) is 0.517. The average molecular weight is 391 g/mol. The van der Waals surface area contributed by atoms with E-state index in [0.29, 0.717) is 0 Å². The summed E-state index contributed by atoms with van der Waals surface area (Å²) in [6.45, 7) is 24.7. The Kier molecular flexibility index (Phi) is 29.9. The van der Waals surface area contributed by atoms with Crippen molar-refractivity contribution in [3.63, 3.8) is 0 Å². The van der Waals surface area contributed by atoms with Crippen LogP contribution in [0.25, 0.3) is 0 Å². The summed E-state index contributed by atoms with van der Waals surface area (Å²) in [4.78, 5) is 12.5. The van der Waals surface area contributed by atoms with Crippen LogP contribution in [-0.4, -0.2) is 42.5 Å². The standard InChI is InChI=1S/C6H12O.C5H9N.C4H10O.C4H10.C3H9N.CH4/c1-5(7)6(2,3)4;1-5(2,3)4-6;1-4(2,3)5;2*1-4(2)3;/h1-4H3;1-3H3;5H,1-3H3;4H,1-3H3;1-3H3;1H4. The van der Waals surface area contributed by atoms with Crippen molar-refractivity contribution in [2.45, 2.75) is 103 Å². The van der Waals surface area contributed by atoms with Crippen LogP contribution >= 0.6 is 0 Å². The van der Waals surface area contributed by atoms with Crippen molar-refractivity contribution in [3.05, 3.63) is 0 Å². The lowest BCUT2D eigenvalue weighted by Gasteiger charge is -2.11. The highest BCUT2D eigenvalue weighted by atomic mass is 16.3. The van der Waals surface area contributed by atoms with Gasteiger partial charge in [0.1, 0.15) is 5.78 Å². The van der Waals surface area contributed by atoms with Crippen LogP contribution in [0.2, 0.25) is 0 Å². The first-order valence-electron chi connectivity index (χ1n) is 9.23. The molecule has 0 rings (SSSR count). The first-order valence-corrected chi connectivity index (χ1v) is 9.23. The van der Waals surface area contributed by atoms with Crippen molar-refractivity contribution in [1.29, 1.82) is 5.26 Å². The Bertz CT molecular complexity index is 329. The Labute approximate surface area is 173 Å². The molecule has 0 aromatic rings. The van der Waals surface area contributed by atoms with Gasteiger partial charge in [-0.25, -0.2) is 0 Å². The van der Waals surface area contributed by atoms with Gasteiger partial charge in [0.15, 0.2) is 0 Å². The summed E-state index contributed by atoms with van der Waals surface area (Å²) < 4.78 is 0. The minimum Gasteiger partial charge on any atom is -0.391 e. The largest absolute Gasteiger partial charge is 0.391 e. The highest BCUT2D eigenvalue weighted by Crippen LogP contribution is 2.12. The fraction of sp³-hybridized carbons (Fsp3) is 0.913. The number of rotatable bonds is 0. The van der Waals surface area contributed by atoms with Gasteiger partial charge in [-0.1, -0.05) is 49.0 Å². The summed E-state index contributed by atoms with van der Waals surface area (Å²) in [6, 6.07) is 2.10. The van der Waals surface area contributed by atoms with Crippen molar-refractivity contribution < 1.29 is 9.90 Å². The van der Waals surface area contributed by atoms with E-state index in [0.717, 1.165) is 5.92 Å². The highest BCUT2D eigenvalue weighted by molar-refractivity contribution is 5.80. The average Bonchev–Trinajstić information content (AvgIpc) is 2.23. The van der Waals surface area contributed by atoms with Crippen LogP contribution < -0.4 is 0 Å². The van der Waals surface area contributed by atoms with Crippen LogP contribution in [-0.2, 0) is 4.79 Å². The molecule has 4 heteroatoms. The number of hydrogen-bond donors (Lipinski definition) is 1. The van der Waals surface area contributed by atoms with Gasteiger partial charge in [-0.3, -0.25) is 4.79 Å². The molecule has 0 aliphatic heterocycles. The minimum atomic E-state index is -0.500. The molecule has 0 aliphatic rings. The lowest BCUT2D eigenvalue weighted by atomic mass is 9.92. The number of carbonyl (C=O) groups excluding carboxylic acids is 1. The Balaban J connectivity index is -0.0000000515. The van der Waals surface area contributed by atoms with E-state index in [9.17, 15) is 4.79 Å². The smallest absolute Gasteiger partial charge is 0.135 e. The molecule has 0 saturated carbocycles. The SMILES string of the molecule is C.CC(=O)C(C)(C)C.CC(C)(C)C#N.CC(C)(C)O.CC(C)C.CN(C)C. The van der Waals surface area contributed by atoms with Crippen molar-refractivity contribution in [2.75, 3.05) is 21.1 Å². The van der Waals surface area contributed by atoms with Crippen molar-refractivity contribution in [2.24, 2.45) is 16.7 Å². The molecule has 0 amide bonds. The van der Waals surface area contributed by atoms with Crippen LogP contribution in [0.15, 0.2) is 0 Å². The zero-order valence-electron chi connectivity index (χ0n) is 20.8. The number of ketones is 1. The van der Waals surface area contributed by atoms with Gasteiger partial charge in [0.05, 0.1) is 11.7 Å². The van der Waals surface area contributed by atoms with Crippen LogP contribution in [0.4, 0.5) is 0 Å². The summed E-state index contributed by atoms with van der Waals surface area (Å²) in [5.74, 6) is 1.08. The van der Waals surface area contributed by atoms with E-state index in [1.165, 1.54) is 0 Å². The van der Waals surface area contributed by atoms with Crippen LogP contribution in [0.1, 0.15) is 97.4 Å². The van der Waals surface area contributed by atoms with E-state index in [1.807, 2.05) is 67.6 Å². The van der Waals surface area contributed by atoms with Gasteiger partial charge < -0.3 is 10.0 Å². The maximum atomic E-state index is 10.5. The summed E-state index contributed by atoms with van der Waals surface area (Å²) in [6.07, 6.45) is 0. The molecule has 0 spiro atoms. The third-order valence-electron chi connectivity index (χ3n) is 1.39. The monoisotopic (exact) mass is 390 g/mol. The first-order chi connectivity index (χ1) is 11.0. The van der Waals surface area contributed by atoms with Crippen molar-refractivity contribution in [3.8, 4) is 6.07 Å². The van der Waals surface area contributed by atoms with E-state index >= 15 is 0 Å². The topological polar surface area (TPSA) is 64.3 Å². The zero-order valence-corrected chi connectivity index (χ0v) is 20.8. The molecule has 0 atom stereocenters. The normalized spacial score (nSPS) is 10.1. The van der Waals surface area contributed by atoms with E-state index in [4.69, 9.17) is 10.4 Å². The Hall–Kier alpha value is -0.920. The Morgan fingerprint density at radius 2 is 0.963 bits per heavy atom. The Morgan fingerprint density at radius 3 is 0.963 bits per heavy atom. The number of carbonyl (C=O) groups is 1. The van der Waals surface area contributed by atoms with E-state index in [1.54, 1.807) is 27.7 Å². The molecule has 0 heterocycles. The molecule has 0 bridgehead atoms. The molecule has 0 saturated heterocycles. The predicted molar refractivity (Wildman–Crippen MR) is 124 cm³/mol. The van der Waals surface area contributed by atoms with Gasteiger partial charge in [0.2, 0.25) is 0 Å². The molecular formula is C23H54N2O2. The van der Waals surface area contributed by atoms with Crippen LogP contribution in [0, 0.1) is 28.1 Å². The fourth-order valence-corrected chi connectivity index (χ4v) is 0. The second-order valence-corrected chi connectivity index (χ2v) is 10.4. The summed E-state index contributed by atoms with van der Waals surface area (Å²) in [7, 11) is 6.00. The number of hydrogen-bond acceptors (Lipinski definition) is 4. The molecule has 0 aromatic heterocycles. The molecule has 0 aliphatic carbocycles. The van der Waals surface area contributed by atoms with Crippen molar-refractivity contribution >= 4 is 5.78 Å². The van der Waals surface area contributed by atoms with E-state index in [2.05, 4.69) is 26.8 Å². The van der Waals surface area contributed by atoms with Gasteiger partial charge >= 0.3 is 0 Å². The third kappa shape index (κ3) is 205.